The van der Waals surface area contributed by atoms with Crippen LogP contribution in [0.15, 0.2) is 112 Å². The van der Waals surface area contributed by atoms with E-state index in [1.165, 1.54) is 44.8 Å². The Morgan fingerprint density at radius 3 is 2.64 bits per heavy atom. The van der Waals surface area contributed by atoms with Crippen molar-refractivity contribution < 1.29 is 4.74 Å². The number of halogens is 1. The van der Waals surface area contributed by atoms with Crippen LogP contribution in [-0.2, 0) is 12.8 Å². The molecule has 1 unspecified atom stereocenters. The number of H-pyrrole nitrogens is 1. The third kappa shape index (κ3) is 9.88. The van der Waals surface area contributed by atoms with Gasteiger partial charge in [0, 0.05) is 41.6 Å². The normalized spacial score (nSPS) is 15.9. The number of hydrogen-bond acceptors (Lipinski definition) is 5. The molecule has 2 heterocycles. The summed E-state index contributed by atoms with van der Waals surface area (Å²) in [5.41, 5.74) is 16.7. The molecule has 0 spiro atoms. The molecule has 2 aliphatic rings. The van der Waals surface area contributed by atoms with Gasteiger partial charge >= 0.3 is 0 Å². The number of aromatic nitrogens is 1. The first-order valence-electron chi connectivity index (χ1n) is 16.5. The van der Waals surface area contributed by atoms with Crippen LogP contribution < -0.4 is 15.8 Å². The van der Waals surface area contributed by atoms with Crippen LogP contribution in [0.2, 0.25) is 0 Å². The maximum absolute atomic E-state index is 6.46. The van der Waals surface area contributed by atoms with Gasteiger partial charge in [0.2, 0.25) is 0 Å². The fourth-order valence-electron chi connectivity index (χ4n) is 6.13. The lowest BCUT2D eigenvalue weighted by Crippen LogP contribution is -2.37. The molecule has 4 rings (SSSR count). The number of aliphatic imine (C=N–C) groups is 1. The Kier molecular flexibility index (Phi) is 13.8. The van der Waals surface area contributed by atoms with Crippen molar-refractivity contribution in [2.24, 2.45) is 10.7 Å². The van der Waals surface area contributed by atoms with Crippen molar-refractivity contribution in [1.29, 1.82) is 0 Å². The Morgan fingerprint density at radius 2 is 1.94 bits per heavy atom. The van der Waals surface area contributed by atoms with Crippen molar-refractivity contribution in [2.75, 3.05) is 27.2 Å². The Labute approximate surface area is 290 Å². The number of methoxy groups -OCH3 is 1. The molecule has 2 aromatic rings. The van der Waals surface area contributed by atoms with Crippen molar-refractivity contribution >= 4 is 33.5 Å². The van der Waals surface area contributed by atoms with Gasteiger partial charge in [0.25, 0.3) is 0 Å². The first-order valence-corrected chi connectivity index (χ1v) is 17.3. The zero-order valence-electron chi connectivity index (χ0n) is 28.4. The number of nitrogens with one attached hydrogen (secondary N) is 2. The molecule has 0 bridgehead atoms. The zero-order chi connectivity index (χ0) is 33.6. The van der Waals surface area contributed by atoms with Gasteiger partial charge in [-0.25, -0.2) is 4.99 Å². The number of aromatic amines is 1. The van der Waals surface area contributed by atoms with Crippen LogP contribution >= 0.6 is 15.9 Å². The number of hydrogen-bond donors (Lipinski definition) is 3. The minimum absolute atomic E-state index is 0.155. The Balaban J connectivity index is 1.47. The number of allylic oxidation sites excluding steroid dienone is 11. The summed E-state index contributed by atoms with van der Waals surface area (Å²) in [5, 5.41) is 3.13. The minimum Gasteiger partial charge on any atom is -0.497 e. The van der Waals surface area contributed by atoms with Crippen molar-refractivity contribution in [1.82, 2.24) is 15.2 Å². The molecule has 1 atom stereocenters. The highest BCUT2D eigenvalue weighted by atomic mass is 79.9. The van der Waals surface area contributed by atoms with Gasteiger partial charge in [-0.1, -0.05) is 83.1 Å². The number of rotatable bonds is 16. The van der Waals surface area contributed by atoms with Crippen LogP contribution in [0.25, 0.3) is 11.6 Å². The van der Waals surface area contributed by atoms with Crippen molar-refractivity contribution in [3.05, 3.63) is 136 Å². The molecule has 248 valence electrons. The molecule has 0 saturated carbocycles. The molecule has 0 saturated heterocycles. The van der Waals surface area contributed by atoms with Gasteiger partial charge < -0.3 is 25.7 Å². The summed E-state index contributed by atoms with van der Waals surface area (Å²) >= 11 is 3.45. The van der Waals surface area contributed by atoms with E-state index >= 15 is 0 Å². The second kappa shape index (κ2) is 18.2. The lowest BCUT2D eigenvalue weighted by molar-refractivity contribution is 0.414. The van der Waals surface area contributed by atoms with E-state index in [2.05, 4.69) is 118 Å². The maximum Gasteiger partial charge on any atom is 0.195 e. The lowest BCUT2D eigenvalue weighted by Gasteiger charge is -2.29. The minimum atomic E-state index is 0.155. The highest BCUT2D eigenvalue weighted by Gasteiger charge is 2.23. The van der Waals surface area contributed by atoms with Gasteiger partial charge in [-0.3, -0.25) is 0 Å². The number of ether oxygens (including phenoxy) is 1. The van der Waals surface area contributed by atoms with Crippen molar-refractivity contribution in [2.45, 2.75) is 58.3 Å². The topological polar surface area (TPSA) is 78.7 Å². The van der Waals surface area contributed by atoms with E-state index in [9.17, 15) is 0 Å². The molecular weight excluding hydrogens is 646 g/mol. The predicted molar refractivity (Wildman–Crippen MR) is 205 cm³/mol. The SMILES string of the molecule is C=C(Br)/C=C\C(=C/C)CC(C1=CN(CCCCCc2c(C(/C=C\NC)=C/C)[nH]c3c2CC=CC=C3)C(N)=NC1)c1ccc(OC)cc1. The molecule has 1 aromatic carbocycles. The van der Waals surface area contributed by atoms with E-state index in [1.54, 1.807) is 7.11 Å². The number of benzene rings is 1. The molecule has 1 aliphatic carbocycles. The van der Waals surface area contributed by atoms with Crippen LogP contribution in [0, 0.1) is 0 Å². The molecule has 0 amide bonds. The van der Waals surface area contributed by atoms with Gasteiger partial charge in [-0.15, -0.1) is 0 Å². The summed E-state index contributed by atoms with van der Waals surface area (Å²) in [6.45, 7) is 9.56. The Bertz CT molecular complexity index is 1610. The summed E-state index contributed by atoms with van der Waals surface area (Å²) < 4.78 is 6.29. The van der Waals surface area contributed by atoms with E-state index in [1.807, 2.05) is 31.5 Å². The maximum atomic E-state index is 6.46. The largest absolute Gasteiger partial charge is 0.497 e. The average Bonchev–Trinajstić information content (AvgIpc) is 3.25. The monoisotopic (exact) mass is 695 g/mol. The second-order valence-corrected chi connectivity index (χ2v) is 12.8. The van der Waals surface area contributed by atoms with Gasteiger partial charge in [0.15, 0.2) is 5.96 Å². The van der Waals surface area contributed by atoms with Crippen LogP contribution in [0.4, 0.5) is 0 Å². The van der Waals surface area contributed by atoms with Gasteiger partial charge in [-0.2, -0.15) is 0 Å². The van der Waals surface area contributed by atoms with Gasteiger partial charge in [0.1, 0.15) is 5.75 Å². The fourth-order valence-corrected chi connectivity index (χ4v) is 6.27. The molecule has 4 N–H and O–H groups in total. The van der Waals surface area contributed by atoms with Crippen LogP contribution in [0.5, 0.6) is 5.75 Å². The van der Waals surface area contributed by atoms with E-state index < -0.39 is 0 Å². The summed E-state index contributed by atoms with van der Waals surface area (Å²) in [6.07, 6.45) is 29.6. The highest BCUT2D eigenvalue weighted by molar-refractivity contribution is 9.11. The first kappa shape index (κ1) is 35.6. The van der Waals surface area contributed by atoms with Crippen LogP contribution in [0.1, 0.15) is 73.5 Å². The second-order valence-electron chi connectivity index (χ2n) is 11.8. The number of guanidine groups is 1. The molecule has 0 fully saturated rings. The fraction of sp³-hybridized carbons (Fsp3) is 0.325. The Morgan fingerprint density at radius 1 is 1.13 bits per heavy atom. The van der Waals surface area contributed by atoms with E-state index in [-0.39, 0.29) is 5.92 Å². The molecule has 47 heavy (non-hydrogen) atoms. The summed E-state index contributed by atoms with van der Waals surface area (Å²) in [5.74, 6) is 1.60. The first-order chi connectivity index (χ1) is 22.9. The molecule has 1 aliphatic heterocycles. The van der Waals surface area contributed by atoms with E-state index in [0.717, 1.165) is 55.3 Å². The molecule has 7 heteroatoms. The number of fused-ring (bicyclic) bond motifs is 1. The predicted octanol–water partition coefficient (Wildman–Crippen LogP) is 9.10. The summed E-state index contributed by atoms with van der Waals surface area (Å²) in [6, 6.07) is 8.38. The van der Waals surface area contributed by atoms with E-state index in [0.29, 0.717) is 12.5 Å². The van der Waals surface area contributed by atoms with Crippen LogP contribution in [-0.4, -0.2) is 43.1 Å². The number of unbranched alkanes of at least 4 members (excludes halogenated alkanes) is 2. The standard InChI is InChI=1S/C40H50BrN5O/c1-6-30(18-17-29(3)41)26-37(32-19-21-34(47-5)22-20-32)33-27-44-40(42)46(28-33)25-13-9-11-15-36-35-14-10-8-12-16-38(35)45-39(36)31(7-2)23-24-43-4/h6-8,10,12,16-24,28,37,43,45H,3,9,11,13-15,25-27H2,1-2,4-5H3,(H2,42,44)/b18-17-,24-23-,30-6+,31-7+. The van der Waals surface area contributed by atoms with Gasteiger partial charge in [-0.05, 0) is 110 Å². The van der Waals surface area contributed by atoms with Crippen molar-refractivity contribution in [3.8, 4) is 5.75 Å². The molecule has 6 nitrogen and oxygen atoms in total. The molecular formula is C40H50BrN5O. The van der Waals surface area contributed by atoms with Crippen LogP contribution in [0.3, 0.4) is 0 Å². The van der Waals surface area contributed by atoms with E-state index in [4.69, 9.17) is 15.5 Å². The average molecular weight is 697 g/mol. The number of nitrogens with two attached hydrogens (primary N) is 1. The zero-order valence-corrected chi connectivity index (χ0v) is 29.9. The molecule has 0 radical (unpaired) electrons. The summed E-state index contributed by atoms with van der Waals surface area (Å²) in [4.78, 5) is 10.6. The molecule has 1 aromatic heterocycles. The summed E-state index contributed by atoms with van der Waals surface area (Å²) in [7, 11) is 3.63. The quantitative estimate of drug-likeness (QED) is 0.121. The Hall–Kier alpha value is -4.23. The van der Waals surface area contributed by atoms with Crippen molar-refractivity contribution in [3.63, 3.8) is 0 Å². The lowest BCUT2D eigenvalue weighted by atomic mass is 9.85. The van der Waals surface area contributed by atoms with Gasteiger partial charge in [0.05, 0.1) is 13.7 Å². The smallest absolute Gasteiger partial charge is 0.195 e. The number of nitrogens with zero attached hydrogens (tertiary/aromatic N) is 2. The third-order valence-corrected chi connectivity index (χ3v) is 9.00. The third-order valence-electron chi connectivity index (χ3n) is 8.73. The highest BCUT2D eigenvalue weighted by Crippen LogP contribution is 2.35.